The Labute approximate surface area is 115 Å². The smallest absolute Gasteiger partial charge is 0.272 e. The van der Waals surface area contributed by atoms with E-state index in [9.17, 15) is 19.3 Å². The number of non-ortho nitro benzene ring substituents is 1. The van der Waals surface area contributed by atoms with Gasteiger partial charge in [0.05, 0.1) is 16.6 Å². The van der Waals surface area contributed by atoms with Gasteiger partial charge in [-0.3, -0.25) is 14.9 Å². The Morgan fingerprint density at radius 1 is 1.25 bits per heavy atom. The van der Waals surface area contributed by atoms with E-state index in [2.05, 4.69) is 0 Å². The highest BCUT2D eigenvalue weighted by Gasteiger charge is 2.16. The number of hydrogen-bond acceptors (Lipinski definition) is 3. The number of nitro groups is 1. The summed E-state index contributed by atoms with van der Waals surface area (Å²) in [5, 5.41) is 10.5. The maximum Gasteiger partial charge on any atom is 0.272 e. The van der Waals surface area contributed by atoms with Gasteiger partial charge in [-0.05, 0) is 24.1 Å². The van der Waals surface area contributed by atoms with Crippen LogP contribution in [0, 0.1) is 22.9 Å². The van der Waals surface area contributed by atoms with E-state index >= 15 is 0 Å². The van der Waals surface area contributed by atoms with Gasteiger partial charge in [-0.15, -0.1) is 0 Å². The van der Waals surface area contributed by atoms with Crippen molar-refractivity contribution in [2.45, 2.75) is 13.3 Å². The molecule has 0 radical (unpaired) electrons. The summed E-state index contributed by atoms with van der Waals surface area (Å²) in [7, 11) is 0. The SMILES string of the molecule is Cc1ccccc1CC(=O)c1ccc([N+](=O)[O-])cc1F. The Morgan fingerprint density at radius 3 is 2.55 bits per heavy atom. The third-order valence-electron chi connectivity index (χ3n) is 3.08. The van der Waals surface area contributed by atoms with Crippen LogP contribution < -0.4 is 0 Å². The third-order valence-corrected chi connectivity index (χ3v) is 3.08. The predicted octanol–water partition coefficient (Wildman–Crippen LogP) is 3.47. The lowest BCUT2D eigenvalue weighted by atomic mass is 9.99. The molecule has 0 aromatic heterocycles. The summed E-state index contributed by atoms with van der Waals surface area (Å²) in [5.74, 6) is -1.26. The van der Waals surface area contributed by atoms with Gasteiger partial charge in [-0.1, -0.05) is 24.3 Å². The van der Waals surface area contributed by atoms with E-state index in [1.54, 1.807) is 6.07 Å². The first-order valence-corrected chi connectivity index (χ1v) is 6.00. The van der Waals surface area contributed by atoms with E-state index in [4.69, 9.17) is 0 Å². The predicted molar refractivity (Wildman–Crippen MR) is 72.3 cm³/mol. The van der Waals surface area contributed by atoms with Crippen LogP contribution in [0.15, 0.2) is 42.5 Å². The van der Waals surface area contributed by atoms with Crippen molar-refractivity contribution in [3.63, 3.8) is 0 Å². The number of hydrogen-bond donors (Lipinski definition) is 0. The zero-order valence-corrected chi connectivity index (χ0v) is 10.8. The summed E-state index contributed by atoms with van der Waals surface area (Å²) >= 11 is 0. The van der Waals surface area contributed by atoms with E-state index in [0.29, 0.717) is 0 Å². The molecule has 5 heteroatoms. The molecule has 2 aromatic carbocycles. The van der Waals surface area contributed by atoms with Crippen molar-refractivity contribution >= 4 is 11.5 Å². The van der Waals surface area contributed by atoms with Crippen molar-refractivity contribution in [2.24, 2.45) is 0 Å². The number of ketones is 1. The monoisotopic (exact) mass is 273 g/mol. The molecule has 20 heavy (non-hydrogen) atoms. The highest BCUT2D eigenvalue weighted by Crippen LogP contribution is 2.19. The second-order valence-corrected chi connectivity index (χ2v) is 4.45. The fourth-order valence-corrected chi connectivity index (χ4v) is 1.92. The number of nitrogens with zero attached hydrogens (tertiary/aromatic N) is 1. The zero-order valence-electron chi connectivity index (χ0n) is 10.8. The number of rotatable bonds is 4. The Kier molecular flexibility index (Phi) is 3.89. The minimum absolute atomic E-state index is 0.0708. The Bertz CT molecular complexity index is 683. The van der Waals surface area contributed by atoms with Crippen LogP contribution >= 0.6 is 0 Å². The molecule has 0 saturated heterocycles. The molecule has 0 aliphatic heterocycles. The first kappa shape index (κ1) is 13.9. The van der Waals surface area contributed by atoms with Gasteiger partial charge in [-0.2, -0.15) is 0 Å². The summed E-state index contributed by atoms with van der Waals surface area (Å²) in [6.45, 7) is 1.87. The fraction of sp³-hybridized carbons (Fsp3) is 0.133. The van der Waals surface area contributed by atoms with Crippen LogP contribution in [0.3, 0.4) is 0 Å². The van der Waals surface area contributed by atoms with E-state index in [0.717, 1.165) is 29.3 Å². The number of carbonyl (C=O) groups excluding carboxylic acids is 1. The fourth-order valence-electron chi connectivity index (χ4n) is 1.92. The molecule has 2 rings (SSSR count). The standard InChI is InChI=1S/C15H12FNO3/c1-10-4-2-3-5-11(10)8-15(18)13-7-6-12(17(19)20)9-14(13)16/h2-7,9H,8H2,1H3. The van der Waals surface area contributed by atoms with Gasteiger partial charge in [0, 0.05) is 12.5 Å². The maximum atomic E-state index is 13.7. The van der Waals surface area contributed by atoms with E-state index < -0.39 is 16.5 Å². The first-order valence-electron chi connectivity index (χ1n) is 6.00. The third kappa shape index (κ3) is 2.88. The van der Waals surface area contributed by atoms with Crippen molar-refractivity contribution in [1.29, 1.82) is 0 Å². The molecule has 2 aromatic rings. The second kappa shape index (κ2) is 5.61. The van der Waals surface area contributed by atoms with Crippen molar-refractivity contribution in [1.82, 2.24) is 0 Å². The summed E-state index contributed by atoms with van der Waals surface area (Å²) in [4.78, 5) is 21.9. The van der Waals surface area contributed by atoms with E-state index in [-0.39, 0.29) is 17.7 Å². The molecular weight excluding hydrogens is 261 g/mol. The largest absolute Gasteiger partial charge is 0.294 e. The van der Waals surface area contributed by atoms with Gasteiger partial charge >= 0.3 is 0 Å². The van der Waals surface area contributed by atoms with Gasteiger partial charge in [0.25, 0.3) is 5.69 Å². The molecule has 0 fully saturated rings. The Hall–Kier alpha value is -2.56. The van der Waals surface area contributed by atoms with Crippen LogP contribution in [0.5, 0.6) is 0 Å². The van der Waals surface area contributed by atoms with Crippen molar-refractivity contribution in [3.8, 4) is 0 Å². The number of nitro benzene ring substituents is 1. The molecule has 0 aliphatic carbocycles. The molecule has 0 bridgehead atoms. The average Bonchev–Trinajstić information content (AvgIpc) is 2.41. The summed E-state index contributed by atoms with van der Waals surface area (Å²) < 4.78 is 13.7. The van der Waals surface area contributed by atoms with Gasteiger partial charge in [0.1, 0.15) is 5.82 Å². The molecular formula is C15H12FNO3. The highest BCUT2D eigenvalue weighted by molar-refractivity contribution is 5.98. The summed E-state index contributed by atoms with van der Waals surface area (Å²) in [5.41, 5.74) is 1.27. The van der Waals surface area contributed by atoms with Crippen LogP contribution in [0.4, 0.5) is 10.1 Å². The van der Waals surface area contributed by atoms with E-state index in [1.807, 2.05) is 25.1 Å². The molecule has 0 atom stereocenters. The number of halogens is 1. The zero-order chi connectivity index (χ0) is 14.7. The van der Waals surface area contributed by atoms with E-state index in [1.165, 1.54) is 0 Å². The minimum atomic E-state index is -0.863. The number of Topliss-reactive ketones (excluding diaryl/α,β-unsaturated/α-hetero) is 1. The Balaban J connectivity index is 2.26. The van der Waals surface area contributed by atoms with Gasteiger partial charge in [0.2, 0.25) is 0 Å². The molecule has 0 heterocycles. The summed E-state index contributed by atoms with van der Waals surface area (Å²) in [6.07, 6.45) is 0.0708. The molecule has 0 saturated carbocycles. The van der Waals surface area contributed by atoms with Gasteiger partial charge in [0.15, 0.2) is 5.78 Å². The topological polar surface area (TPSA) is 60.2 Å². The molecule has 4 nitrogen and oxygen atoms in total. The maximum absolute atomic E-state index is 13.7. The number of benzene rings is 2. The quantitative estimate of drug-likeness (QED) is 0.487. The molecule has 0 aliphatic rings. The van der Waals surface area contributed by atoms with Crippen LogP contribution in [0.1, 0.15) is 21.5 Å². The average molecular weight is 273 g/mol. The highest BCUT2D eigenvalue weighted by atomic mass is 19.1. The van der Waals surface area contributed by atoms with Gasteiger partial charge in [-0.25, -0.2) is 4.39 Å². The minimum Gasteiger partial charge on any atom is -0.294 e. The molecule has 0 unspecified atom stereocenters. The molecule has 0 amide bonds. The second-order valence-electron chi connectivity index (χ2n) is 4.45. The van der Waals surface area contributed by atoms with Crippen molar-refractivity contribution in [3.05, 3.63) is 75.1 Å². The van der Waals surface area contributed by atoms with Gasteiger partial charge < -0.3 is 0 Å². The number of aryl methyl sites for hydroxylation is 1. The normalized spacial score (nSPS) is 10.3. The lowest BCUT2D eigenvalue weighted by molar-refractivity contribution is -0.385. The molecule has 102 valence electrons. The Morgan fingerprint density at radius 2 is 1.95 bits per heavy atom. The van der Waals surface area contributed by atoms with Crippen LogP contribution in [0.25, 0.3) is 0 Å². The molecule has 0 N–H and O–H groups in total. The van der Waals surface area contributed by atoms with Crippen LogP contribution in [-0.4, -0.2) is 10.7 Å². The van der Waals surface area contributed by atoms with Crippen molar-refractivity contribution < 1.29 is 14.1 Å². The lowest BCUT2D eigenvalue weighted by Gasteiger charge is -2.05. The van der Waals surface area contributed by atoms with Crippen molar-refractivity contribution in [2.75, 3.05) is 0 Å². The summed E-state index contributed by atoms with van der Waals surface area (Å²) in [6, 6.07) is 10.4. The lowest BCUT2D eigenvalue weighted by Crippen LogP contribution is -2.07. The van der Waals surface area contributed by atoms with Crippen LogP contribution in [-0.2, 0) is 6.42 Å². The molecule has 0 spiro atoms. The number of carbonyl (C=O) groups is 1. The first-order chi connectivity index (χ1) is 9.49. The van der Waals surface area contributed by atoms with Crippen LogP contribution in [0.2, 0.25) is 0 Å².